The van der Waals surface area contributed by atoms with Crippen molar-refractivity contribution in [3.63, 3.8) is 0 Å². The van der Waals surface area contributed by atoms with Crippen LogP contribution in [-0.4, -0.2) is 57.0 Å². The number of H-pyrrole nitrogens is 1. The summed E-state index contributed by atoms with van der Waals surface area (Å²) in [6.07, 6.45) is -3.70. The summed E-state index contributed by atoms with van der Waals surface area (Å²) in [6.45, 7) is 4.77. The highest BCUT2D eigenvalue weighted by molar-refractivity contribution is 9.10. The predicted molar refractivity (Wildman–Crippen MR) is 150 cm³/mol. The Kier molecular flexibility index (Phi) is 9.19. The number of aromatic amines is 1. The lowest BCUT2D eigenvalue weighted by molar-refractivity contribution is -0.203. The summed E-state index contributed by atoms with van der Waals surface area (Å²) in [5, 5.41) is 14.1. The number of carbonyl (C=O) groups excluding carboxylic acids is 1. The summed E-state index contributed by atoms with van der Waals surface area (Å²) < 4.78 is 65.6. The number of aromatic nitrogens is 2. The van der Waals surface area contributed by atoms with E-state index in [0.29, 0.717) is 15.3 Å². The zero-order valence-electron chi connectivity index (χ0n) is 22.8. The Balaban J connectivity index is 1.48. The Labute approximate surface area is 247 Å². The molecular weight excluding hydrogens is 647 g/mol. The molecule has 1 aromatic heterocycles. The summed E-state index contributed by atoms with van der Waals surface area (Å²) in [4.78, 5) is 37.8. The largest absolute Gasteiger partial charge is 0.664 e. The maximum Gasteiger partial charge on any atom is 0.664 e. The SMILES string of the molecule is CC(C)OC(=O)[C@H](C)N[P+](=O)Oc1ccc2c(OC[C@@]3(F)O[C@@H](n4cc(Br)c(=O)[nH]c4=O)[C@](C)(F)[C@@H]3O)cccc2c1. The van der Waals surface area contributed by atoms with E-state index in [-0.39, 0.29) is 22.1 Å². The van der Waals surface area contributed by atoms with Crippen molar-refractivity contribution in [3.8, 4) is 11.5 Å². The van der Waals surface area contributed by atoms with Crippen LogP contribution >= 0.6 is 24.1 Å². The fourth-order valence-electron chi connectivity index (χ4n) is 4.26. The first kappa shape index (κ1) is 31.7. The van der Waals surface area contributed by atoms with E-state index in [1.165, 1.54) is 25.1 Å². The molecule has 3 N–H and O–H groups in total. The maximum atomic E-state index is 15.8. The normalized spacial score (nSPS) is 24.9. The van der Waals surface area contributed by atoms with Crippen molar-refractivity contribution in [1.82, 2.24) is 14.6 Å². The number of hydrogen-bond donors (Lipinski definition) is 3. The third-order valence-electron chi connectivity index (χ3n) is 6.34. The average molecular weight is 675 g/mol. The van der Waals surface area contributed by atoms with E-state index in [4.69, 9.17) is 18.7 Å². The first-order valence-corrected chi connectivity index (χ1v) is 14.6. The summed E-state index contributed by atoms with van der Waals surface area (Å²) in [7, 11) is -2.49. The van der Waals surface area contributed by atoms with Gasteiger partial charge in [-0.15, -0.1) is 0 Å². The number of aliphatic hydroxyl groups excluding tert-OH is 1. The van der Waals surface area contributed by atoms with Gasteiger partial charge in [-0.25, -0.2) is 18.1 Å². The van der Waals surface area contributed by atoms with Crippen molar-refractivity contribution in [3.05, 3.63) is 67.9 Å². The number of nitrogens with one attached hydrogen (secondary N) is 2. The molecule has 1 fully saturated rings. The number of esters is 1. The summed E-state index contributed by atoms with van der Waals surface area (Å²) in [5.41, 5.74) is -4.64. The summed E-state index contributed by atoms with van der Waals surface area (Å²) >= 11 is 2.92. The van der Waals surface area contributed by atoms with E-state index in [1.807, 2.05) is 4.98 Å². The number of fused-ring (bicyclic) bond motifs is 1. The minimum atomic E-state index is -3.08. The molecule has 1 unspecified atom stereocenters. The minimum absolute atomic E-state index is 0.133. The molecule has 1 aliphatic rings. The Bertz CT molecular complexity index is 1630. The van der Waals surface area contributed by atoms with Gasteiger partial charge in [0, 0.05) is 16.1 Å². The summed E-state index contributed by atoms with van der Waals surface area (Å²) in [5.74, 6) is -3.33. The lowest BCUT2D eigenvalue weighted by atomic mass is 9.97. The molecule has 0 spiro atoms. The van der Waals surface area contributed by atoms with Crippen LogP contribution in [0.4, 0.5) is 8.78 Å². The topological polar surface area (TPSA) is 158 Å². The molecule has 1 saturated heterocycles. The molecule has 2 heterocycles. The van der Waals surface area contributed by atoms with Crippen molar-refractivity contribution < 1.29 is 42.0 Å². The highest BCUT2D eigenvalue weighted by atomic mass is 79.9. The number of hydrogen-bond acceptors (Lipinski definition) is 9. The van der Waals surface area contributed by atoms with E-state index < -0.39 is 61.9 Å². The van der Waals surface area contributed by atoms with Crippen LogP contribution in [0.1, 0.15) is 33.9 Å². The molecule has 0 bridgehead atoms. The molecule has 16 heteroatoms. The van der Waals surface area contributed by atoms with Crippen molar-refractivity contribution >= 4 is 40.9 Å². The van der Waals surface area contributed by atoms with Crippen LogP contribution < -0.4 is 25.6 Å². The Morgan fingerprint density at radius 2 is 1.98 bits per heavy atom. The monoisotopic (exact) mass is 674 g/mol. The molecule has 6 atom stereocenters. The van der Waals surface area contributed by atoms with Crippen LogP contribution in [-0.2, 0) is 18.8 Å². The van der Waals surface area contributed by atoms with Crippen molar-refractivity contribution in [1.29, 1.82) is 0 Å². The molecule has 42 heavy (non-hydrogen) atoms. The van der Waals surface area contributed by atoms with E-state index >= 15 is 8.78 Å². The van der Waals surface area contributed by atoms with Gasteiger partial charge < -0.3 is 19.3 Å². The number of halogens is 3. The van der Waals surface area contributed by atoms with Crippen molar-refractivity contribution in [2.45, 2.75) is 63.7 Å². The molecule has 2 aromatic carbocycles. The third-order valence-corrected chi connectivity index (χ3v) is 7.88. The molecule has 3 aromatic rings. The molecule has 12 nitrogen and oxygen atoms in total. The zero-order chi connectivity index (χ0) is 31.0. The Morgan fingerprint density at radius 3 is 2.67 bits per heavy atom. The van der Waals surface area contributed by atoms with E-state index in [0.717, 1.165) is 13.1 Å². The predicted octanol–water partition coefficient (Wildman–Crippen LogP) is 3.78. The molecule has 0 aliphatic carbocycles. The average Bonchev–Trinajstić information content (AvgIpc) is 3.09. The fraction of sp³-hybridized carbons (Fsp3) is 0.423. The quantitative estimate of drug-likeness (QED) is 0.213. The standard InChI is InChI=1S/C26H27BrF2N3O9P/c1-13(2)39-21(34)14(3)31-42(37)41-16-8-9-17-15(10-16)6-5-7-19(17)38-12-26(29)22(35)25(4,28)23(40-26)32-11-18(27)20(33)30-24(32)36/h5-11,13-14,22-23,35H,12H2,1-4H3,(H-,30,31,33,36,37)/p+1/t14-,22-,23+,25+,26+/m0/s1. The van der Waals surface area contributed by atoms with Crippen LogP contribution in [0, 0.1) is 0 Å². The zero-order valence-corrected chi connectivity index (χ0v) is 25.3. The molecule has 4 rings (SSSR count). The second-order valence-corrected chi connectivity index (χ2v) is 11.9. The number of rotatable bonds is 10. The van der Waals surface area contributed by atoms with Crippen molar-refractivity contribution in [2.24, 2.45) is 0 Å². The van der Waals surface area contributed by atoms with Gasteiger partial charge >= 0.3 is 19.8 Å². The number of carbonyl (C=O) groups is 1. The highest BCUT2D eigenvalue weighted by Crippen LogP contribution is 2.47. The number of alkyl halides is 2. The van der Waals surface area contributed by atoms with Crippen LogP contribution in [0.25, 0.3) is 10.8 Å². The lowest BCUT2D eigenvalue weighted by Crippen LogP contribution is -2.48. The minimum Gasteiger partial charge on any atom is -0.487 e. The highest BCUT2D eigenvalue weighted by Gasteiger charge is 2.65. The van der Waals surface area contributed by atoms with Gasteiger partial charge in [0.05, 0.1) is 10.6 Å². The lowest BCUT2D eigenvalue weighted by Gasteiger charge is -2.25. The molecular formula is C26H28BrF2N3O9P+. The second kappa shape index (κ2) is 12.2. The number of benzene rings is 2. The van der Waals surface area contributed by atoms with Gasteiger partial charge in [-0.05, 0) is 73.3 Å². The fourth-order valence-corrected chi connectivity index (χ4v) is 5.36. The van der Waals surface area contributed by atoms with Crippen molar-refractivity contribution in [2.75, 3.05) is 6.61 Å². The second-order valence-electron chi connectivity index (χ2n) is 10.1. The van der Waals surface area contributed by atoms with Gasteiger partial charge in [-0.3, -0.25) is 19.1 Å². The maximum absolute atomic E-state index is 15.8. The molecule has 226 valence electrons. The van der Waals surface area contributed by atoms with Gasteiger partial charge in [0.1, 0.15) is 18.4 Å². The first-order valence-electron chi connectivity index (χ1n) is 12.6. The summed E-state index contributed by atoms with van der Waals surface area (Å²) in [6, 6.07) is 8.45. The number of nitrogens with zero attached hydrogens (tertiary/aromatic N) is 1. The van der Waals surface area contributed by atoms with Crippen LogP contribution in [0.3, 0.4) is 0 Å². The van der Waals surface area contributed by atoms with Gasteiger partial charge in [0.2, 0.25) is 0 Å². The smallest absolute Gasteiger partial charge is 0.487 e. The number of ether oxygens (including phenoxy) is 3. The Morgan fingerprint density at radius 1 is 1.26 bits per heavy atom. The van der Waals surface area contributed by atoms with Gasteiger partial charge in [0.25, 0.3) is 11.4 Å². The van der Waals surface area contributed by atoms with Crippen LogP contribution in [0.5, 0.6) is 11.5 Å². The Hall–Kier alpha value is -3.23. The van der Waals surface area contributed by atoms with Crippen LogP contribution in [0.2, 0.25) is 0 Å². The van der Waals surface area contributed by atoms with Gasteiger partial charge in [0.15, 0.2) is 23.8 Å². The van der Waals surface area contributed by atoms with E-state index in [9.17, 15) is 24.1 Å². The van der Waals surface area contributed by atoms with E-state index in [1.54, 1.807) is 32.0 Å². The van der Waals surface area contributed by atoms with Gasteiger partial charge in [-0.1, -0.05) is 17.2 Å². The molecule has 0 amide bonds. The molecule has 1 aliphatic heterocycles. The third kappa shape index (κ3) is 6.55. The first-order chi connectivity index (χ1) is 19.6. The van der Waals surface area contributed by atoms with Gasteiger partial charge in [-0.2, -0.15) is 0 Å². The van der Waals surface area contributed by atoms with E-state index in [2.05, 4.69) is 21.0 Å². The van der Waals surface area contributed by atoms with Crippen LogP contribution in [0.15, 0.2) is 56.7 Å². The molecule has 0 radical (unpaired) electrons. The molecule has 0 saturated carbocycles. The number of aliphatic hydroxyl groups is 1.